The second-order valence-electron chi connectivity index (χ2n) is 7.63. The minimum Gasteiger partial charge on any atom is -0.493 e. The number of hydrogen-bond acceptors (Lipinski definition) is 2. The molecule has 0 fully saturated rings. The van der Waals surface area contributed by atoms with Gasteiger partial charge in [0.15, 0.2) is 0 Å². The van der Waals surface area contributed by atoms with Crippen LogP contribution in [0, 0.1) is 0 Å². The molecule has 0 spiro atoms. The summed E-state index contributed by atoms with van der Waals surface area (Å²) in [6, 6.07) is 11.6. The number of H-pyrrole nitrogens is 1. The number of carboxylic acids is 1. The summed E-state index contributed by atoms with van der Waals surface area (Å²) in [5.41, 5.74) is 4.28. The second kappa shape index (κ2) is 7.28. The van der Waals surface area contributed by atoms with E-state index >= 15 is 0 Å². The molecule has 3 rings (SSSR count). The van der Waals surface area contributed by atoms with E-state index in [4.69, 9.17) is 16.3 Å². The molecule has 4 nitrogen and oxygen atoms in total. The third-order valence-electron chi connectivity index (χ3n) is 4.61. The van der Waals surface area contributed by atoms with E-state index in [1.807, 2.05) is 25.1 Å². The highest BCUT2D eigenvalue weighted by Gasteiger charge is 2.21. The van der Waals surface area contributed by atoms with Crippen LogP contribution in [-0.2, 0) is 16.6 Å². The molecule has 2 N–H and O–H groups in total. The zero-order valence-corrected chi connectivity index (χ0v) is 16.8. The Hall–Kier alpha value is -2.46. The number of carboxylic acid groups (broad SMARTS) is 1. The normalized spacial score (nSPS) is 11.7. The minimum absolute atomic E-state index is 0.0291. The quantitative estimate of drug-likeness (QED) is 0.582. The summed E-state index contributed by atoms with van der Waals surface area (Å²) in [7, 11) is 0. The van der Waals surface area contributed by atoms with E-state index in [1.54, 1.807) is 6.07 Å². The van der Waals surface area contributed by atoms with Crippen LogP contribution in [-0.4, -0.2) is 22.7 Å². The lowest BCUT2D eigenvalue weighted by Crippen LogP contribution is -2.10. The molecule has 5 heteroatoms. The van der Waals surface area contributed by atoms with Gasteiger partial charge in [0.25, 0.3) is 0 Å². The first kappa shape index (κ1) is 19.3. The van der Waals surface area contributed by atoms with Crippen molar-refractivity contribution in [3.05, 3.63) is 52.5 Å². The van der Waals surface area contributed by atoms with Crippen LogP contribution in [0.2, 0.25) is 5.02 Å². The maximum Gasteiger partial charge on any atom is 0.307 e. The molecular formula is C22H24ClNO3. The number of rotatable bonds is 5. The van der Waals surface area contributed by atoms with Gasteiger partial charge in [-0.1, -0.05) is 38.4 Å². The summed E-state index contributed by atoms with van der Waals surface area (Å²) in [4.78, 5) is 15.0. The fourth-order valence-electron chi connectivity index (χ4n) is 3.26. The molecule has 0 unspecified atom stereocenters. The van der Waals surface area contributed by atoms with E-state index in [1.165, 1.54) is 0 Å². The van der Waals surface area contributed by atoms with Crippen LogP contribution in [0.25, 0.3) is 22.2 Å². The SMILES string of the molecule is CCOc1ccc(Cl)cc1-c1[nH]c2ccc(C(C)(C)C)cc2c1CC(=O)O. The van der Waals surface area contributed by atoms with Crippen LogP contribution in [0.15, 0.2) is 36.4 Å². The third kappa shape index (κ3) is 3.96. The fraction of sp³-hybridized carbons (Fsp3) is 0.318. The lowest BCUT2D eigenvalue weighted by molar-refractivity contribution is -0.136. The van der Waals surface area contributed by atoms with E-state index in [2.05, 4.69) is 37.9 Å². The standard InChI is InChI=1S/C22H24ClNO3/c1-5-27-19-9-7-14(23)11-17(19)21-16(12-20(25)26)15-10-13(22(2,3)4)6-8-18(15)24-21/h6-11,24H,5,12H2,1-4H3,(H,25,26). The number of nitrogens with one attached hydrogen (secondary N) is 1. The van der Waals surface area contributed by atoms with Crippen LogP contribution in [0.1, 0.15) is 38.8 Å². The molecule has 1 heterocycles. The Balaban J connectivity index is 2.30. The molecule has 0 saturated heterocycles. The Bertz CT molecular complexity index is 999. The van der Waals surface area contributed by atoms with Crippen molar-refractivity contribution in [2.45, 2.75) is 39.5 Å². The Labute approximate surface area is 164 Å². The average Bonchev–Trinajstić information content (AvgIpc) is 2.93. The number of aromatic amines is 1. The van der Waals surface area contributed by atoms with Gasteiger partial charge in [0, 0.05) is 21.5 Å². The van der Waals surface area contributed by atoms with Gasteiger partial charge in [0.2, 0.25) is 0 Å². The minimum atomic E-state index is -0.877. The highest BCUT2D eigenvalue weighted by atomic mass is 35.5. The van der Waals surface area contributed by atoms with E-state index < -0.39 is 5.97 Å². The second-order valence-corrected chi connectivity index (χ2v) is 8.07. The zero-order valence-electron chi connectivity index (χ0n) is 16.0. The lowest BCUT2D eigenvalue weighted by atomic mass is 9.86. The van der Waals surface area contributed by atoms with Crippen molar-refractivity contribution in [3.63, 3.8) is 0 Å². The molecule has 3 aromatic rings. The van der Waals surface area contributed by atoms with Crippen LogP contribution >= 0.6 is 11.6 Å². The fourth-order valence-corrected chi connectivity index (χ4v) is 3.43. The van der Waals surface area contributed by atoms with Crippen molar-refractivity contribution in [3.8, 4) is 17.0 Å². The van der Waals surface area contributed by atoms with Crippen LogP contribution < -0.4 is 4.74 Å². The highest BCUT2D eigenvalue weighted by Crippen LogP contribution is 2.39. The van der Waals surface area contributed by atoms with Gasteiger partial charge in [-0.3, -0.25) is 4.79 Å². The first-order chi connectivity index (χ1) is 12.7. The predicted octanol–water partition coefficient (Wildman–Crippen LogP) is 5.81. The van der Waals surface area contributed by atoms with Gasteiger partial charge in [-0.05, 0) is 53.8 Å². The Morgan fingerprint density at radius 2 is 1.93 bits per heavy atom. The van der Waals surface area contributed by atoms with E-state index in [0.29, 0.717) is 17.4 Å². The van der Waals surface area contributed by atoms with Crippen LogP contribution in [0.3, 0.4) is 0 Å². The van der Waals surface area contributed by atoms with Gasteiger partial charge in [-0.15, -0.1) is 0 Å². The van der Waals surface area contributed by atoms with Crippen LogP contribution in [0.5, 0.6) is 5.75 Å². The summed E-state index contributed by atoms with van der Waals surface area (Å²) in [5, 5.41) is 11.0. The van der Waals surface area contributed by atoms with Gasteiger partial charge in [0.1, 0.15) is 5.75 Å². The molecule has 2 aromatic carbocycles. The van der Waals surface area contributed by atoms with Crippen molar-refractivity contribution in [1.29, 1.82) is 0 Å². The molecule has 0 aliphatic heterocycles. The maximum atomic E-state index is 11.6. The van der Waals surface area contributed by atoms with Gasteiger partial charge < -0.3 is 14.8 Å². The van der Waals surface area contributed by atoms with Gasteiger partial charge in [-0.25, -0.2) is 0 Å². The summed E-state index contributed by atoms with van der Waals surface area (Å²) in [6.45, 7) is 8.85. The number of benzene rings is 2. The topological polar surface area (TPSA) is 62.3 Å². The number of carbonyl (C=O) groups is 1. The largest absolute Gasteiger partial charge is 0.493 e. The van der Waals surface area contributed by atoms with Gasteiger partial charge >= 0.3 is 5.97 Å². The van der Waals surface area contributed by atoms with E-state index in [9.17, 15) is 9.90 Å². The molecular weight excluding hydrogens is 362 g/mol. The Kier molecular flexibility index (Phi) is 5.20. The number of halogens is 1. The number of fused-ring (bicyclic) bond motifs is 1. The molecule has 0 amide bonds. The molecule has 27 heavy (non-hydrogen) atoms. The van der Waals surface area contributed by atoms with Gasteiger partial charge in [-0.2, -0.15) is 0 Å². The van der Waals surface area contributed by atoms with E-state index in [-0.39, 0.29) is 11.8 Å². The molecule has 0 atom stereocenters. The predicted molar refractivity (Wildman–Crippen MR) is 110 cm³/mol. The summed E-state index contributed by atoms with van der Waals surface area (Å²) >= 11 is 6.22. The molecule has 0 radical (unpaired) electrons. The Morgan fingerprint density at radius 3 is 2.56 bits per heavy atom. The average molecular weight is 386 g/mol. The van der Waals surface area contributed by atoms with Gasteiger partial charge in [0.05, 0.1) is 18.7 Å². The first-order valence-electron chi connectivity index (χ1n) is 9.00. The molecule has 0 aliphatic rings. The van der Waals surface area contributed by atoms with Crippen molar-refractivity contribution in [1.82, 2.24) is 4.98 Å². The molecule has 0 aliphatic carbocycles. The number of aromatic nitrogens is 1. The smallest absolute Gasteiger partial charge is 0.307 e. The summed E-state index contributed by atoms with van der Waals surface area (Å²) in [5.74, 6) is -0.200. The van der Waals surface area contributed by atoms with Crippen LogP contribution in [0.4, 0.5) is 0 Å². The molecule has 0 saturated carbocycles. The first-order valence-corrected chi connectivity index (χ1v) is 9.38. The van der Waals surface area contributed by atoms with Crippen molar-refractivity contribution < 1.29 is 14.6 Å². The summed E-state index contributed by atoms with van der Waals surface area (Å²) in [6.07, 6.45) is -0.0823. The monoisotopic (exact) mass is 385 g/mol. The van der Waals surface area contributed by atoms with Crippen molar-refractivity contribution in [2.24, 2.45) is 0 Å². The molecule has 142 valence electrons. The molecule has 1 aromatic heterocycles. The number of ether oxygens (including phenoxy) is 1. The van der Waals surface area contributed by atoms with E-state index in [0.717, 1.165) is 33.3 Å². The number of hydrogen-bond donors (Lipinski definition) is 2. The van der Waals surface area contributed by atoms with Crippen molar-refractivity contribution >= 4 is 28.5 Å². The Morgan fingerprint density at radius 1 is 1.19 bits per heavy atom. The zero-order chi connectivity index (χ0) is 19.8. The third-order valence-corrected chi connectivity index (χ3v) is 4.85. The van der Waals surface area contributed by atoms with Crippen molar-refractivity contribution in [2.75, 3.05) is 6.61 Å². The number of aliphatic carboxylic acids is 1. The highest BCUT2D eigenvalue weighted by molar-refractivity contribution is 6.31. The maximum absolute atomic E-state index is 11.6. The summed E-state index contributed by atoms with van der Waals surface area (Å²) < 4.78 is 5.75. The molecule has 0 bridgehead atoms. The lowest BCUT2D eigenvalue weighted by Gasteiger charge is -2.19.